The van der Waals surface area contributed by atoms with E-state index < -0.39 is 0 Å². The minimum atomic E-state index is -0.291. The van der Waals surface area contributed by atoms with E-state index in [-0.39, 0.29) is 37.6 Å². The summed E-state index contributed by atoms with van der Waals surface area (Å²) in [5.74, 6) is 0.890. The van der Waals surface area contributed by atoms with Crippen LogP contribution in [0.5, 0.6) is 0 Å². The van der Waals surface area contributed by atoms with Crippen LogP contribution < -0.4 is 0 Å². The van der Waals surface area contributed by atoms with E-state index >= 15 is 0 Å². The number of hydrogen-bond acceptors (Lipinski definition) is 2. The normalized spacial score (nSPS) is 46.5. The van der Waals surface area contributed by atoms with E-state index in [1.54, 1.807) is 0 Å². The first-order valence-electron chi connectivity index (χ1n) is 9.79. The molecule has 0 radical (unpaired) electrons. The van der Waals surface area contributed by atoms with Crippen molar-refractivity contribution in [1.29, 1.82) is 0 Å². The van der Waals surface area contributed by atoms with Crippen molar-refractivity contribution in [2.45, 2.75) is 69.5 Å². The fourth-order valence-corrected chi connectivity index (χ4v) is 12.8. The molecule has 2 nitrogen and oxygen atoms in total. The summed E-state index contributed by atoms with van der Waals surface area (Å²) in [6.45, 7) is 16.4. The third-order valence-electron chi connectivity index (χ3n) is 6.46. The van der Waals surface area contributed by atoms with E-state index in [2.05, 4.69) is 65.8 Å². The third kappa shape index (κ3) is 2.66. The maximum absolute atomic E-state index is 6.91. The van der Waals surface area contributed by atoms with Crippen LogP contribution in [0, 0.1) is 11.3 Å². The first kappa shape index (κ1) is 18.6. The van der Waals surface area contributed by atoms with Crippen molar-refractivity contribution in [3.8, 4) is 0 Å². The van der Waals surface area contributed by atoms with Crippen LogP contribution in [0.1, 0.15) is 48.0 Å². The highest BCUT2D eigenvalue weighted by atomic mass is 31.1. The molecule has 2 heterocycles. The van der Waals surface area contributed by atoms with Crippen LogP contribution in [0.15, 0.2) is 24.3 Å². The summed E-state index contributed by atoms with van der Waals surface area (Å²) in [6.07, 6.45) is 13.5. The molecule has 4 rings (SSSR count). The molecule has 25 heavy (non-hydrogen) atoms. The van der Waals surface area contributed by atoms with Gasteiger partial charge in [-0.3, -0.25) is 0 Å². The first-order chi connectivity index (χ1) is 11.6. The fourth-order valence-electron chi connectivity index (χ4n) is 5.43. The van der Waals surface area contributed by atoms with Gasteiger partial charge in [0.25, 0.3) is 0 Å². The molecule has 2 aliphatic carbocycles. The zero-order chi connectivity index (χ0) is 18.1. The molecule has 2 saturated heterocycles. The van der Waals surface area contributed by atoms with Crippen molar-refractivity contribution in [3.63, 3.8) is 0 Å². The van der Waals surface area contributed by atoms with Crippen molar-refractivity contribution < 1.29 is 9.47 Å². The van der Waals surface area contributed by atoms with Gasteiger partial charge in [0.1, 0.15) is 11.2 Å². The molecule has 4 aliphatic rings. The Labute approximate surface area is 156 Å². The smallest absolute Gasteiger partial charge is 0.130 e. The van der Waals surface area contributed by atoms with Gasteiger partial charge in [-0.05, 0) is 35.0 Å². The third-order valence-corrected chi connectivity index (χ3v) is 14.0. The van der Waals surface area contributed by atoms with Crippen molar-refractivity contribution in [1.82, 2.24) is 0 Å². The van der Waals surface area contributed by atoms with Gasteiger partial charge < -0.3 is 9.47 Å². The molecule has 0 aromatic rings. The van der Waals surface area contributed by atoms with Crippen LogP contribution in [0.3, 0.4) is 0 Å². The number of ether oxygens (including phenoxy) is 2. The van der Waals surface area contributed by atoms with Crippen LogP contribution >= 0.6 is 15.8 Å². The topological polar surface area (TPSA) is 18.5 Å². The Kier molecular flexibility index (Phi) is 4.38. The van der Waals surface area contributed by atoms with Crippen LogP contribution in [0.25, 0.3) is 0 Å². The molecule has 0 spiro atoms. The summed E-state index contributed by atoms with van der Waals surface area (Å²) in [5.41, 5.74) is 0.0635. The molecule has 0 unspecified atom stereocenters. The van der Waals surface area contributed by atoms with Crippen LogP contribution in [-0.4, -0.2) is 47.0 Å². The quantitative estimate of drug-likeness (QED) is 0.448. The molecule has 0 N–H and O–H groups in total. The lowest BCUT2D eigenvalue weighted by Gasteiger charge is -2.55. The van der Waals surface area contributed by atoms with Gasteiger partial charge >= 0.3 is 0 Å². The van der Waals surface area contributed by atoms with Crippen LogP contribution in [0.2, 0.25) is 0 Å². The Bertz CT molecular complexity index is 584. The second-order valence-corrected chi connectivity index (χ2v) is 16.6. The first-order valence-corrected chi connectivity index (χ1v) is 12.9. The summed E-state index contributed by atoms with van der Waals surface area (Å²) in [7, 11) is -0.508. The van der Waals surface area contributed by atoms with Crippen LogP contribution in [0.4, 0.5) is 0 Å². The van der Waals surface area contributed by atoms with Crippen molar-refractivity contribution in [2.24, 2.45) is 11.3 Å². The van der Waals surface area contributed by atoms with E-state index in [4.69, 9.17) is 9.47 Å². The lowest BCUT2D eigenvalue weighted by atomic mass is 9.82. The molecule has 2 aliphatic heterocycles. The maximum atomic E-state index is 6.91. The standard InChI is InChI=1S/C21H34O2P2/c1-18(2,3)24-13-11-22-17(24)21(20-9-7-16(15-20)8-10-20)23-12-14-25(21)19(4,5)6/h7-10,16-17H,11-15H2,1-6H3/t16?,17-,20?,21+,24-,25+/m1/s1. The number of allylic oxidation sites excluding steroid dienone is 2. The second-order valence-electron chi connectivity index (χ2n) is 10.1. The van der Waals surface area contributed by atoms with Gasteiger partial charge in [0.05, 0.1) is 13.2 Å². The number of rotatable bonds is 2. The lowest BCUT2D eigenvalue weighted by molar-refractivity contribution is -0.0791. The highest BCUT2D eigenvalue weighted by molar-refractivity contribution is 7.65. The molecule has 140 valence electrons. The predicted octanol–water partition coefficient (Wildman–Crippen LogP) is 5.76. The van der Waals surface area contributed by atoms with Gasteiger partial charge in [-0.2, -0.15) is 0 Å². The molecule has 2 fully saturated rings. The van der Waals surface area contributed by atoms with E-state index in [0.29, 0.717) is 11.1 Å². The summed E-state index contributed by atoms with van der Waals surface area (Å²) in [4.78, 5) is 0. The molecular formula is C21H34O2P2. The number of fused-ring (bicyclic) bond motifs is 2. The van der Waals surface area contributed by atoms with Crippen molar-refractivity contribution >= 4 is 15.8 Å². The van der Waals surface area contributed by atoms with Crippen molar-refractivity contribution in [3.05, 3.63) is 24.3 Å². The average molecular weight is 380 g/mol. The zero-order valence-corrected chi connectivity index (χ0v) is 18.5. The average Bonchev–Trinajstić information content (AvgIpc) is 3.27. The van der Waals surface area contributed by atoms with E-state index in [1.807, 2.05) is 0 Å². The maximum Gasteiger partial charge on any atom is 0.130 e. The van der Waals surface area contributed by atoms with Gasteiger partial charge in [-0.25, -0.2) is 0 Å². The molecular weight excluding hydrogens is 346 g/mol. The van der Waals surface area contributed by atoms with Gasteiger partial charge in [0.15, 0.2) is 0 Å². The van der Waals surface area contributed by atoms with Gasteiger partial charge in [-0.1, -0.05) is 81.7 Å². The van der Waals surface area contributed by atoms with Crippen LogP contribution in [-0.2, 0) is 9.47 Å². The van der Waals surface area contributed by atoms with E-state index in [1.165, 1.54) is 18.7 Å². The van der Waals surface area contributed by atoms with E-state index in [9.17, 15) is 0 Å². The Hall–Kier alpha value is 0.260. The Balaban J connectivity index is 1.86. The highest BCUT2D eigenvalue weighted by Gasteiger charge is 2.68. The monoisotopic (exact) mass is 380 g/mol. The molecule has 0 saturated carbocycles. The fraction of sp³-hybridized carbons (Fsp3) is 0.810. The van der Waals surface area contributed by atoms with Crippen molar-refractivity contribution in [2.75, 3.05) is 25.5 Å². The molecule has 4 atom stereocenters. The molecule has 0 aromatic carbocycles. The highest BCUT2D eigenvalue weighted by Crippen LogP contribution is 2.79. The second kappa shape index (κ2) is 5.88. The SMILES string of the molecule is CC(C)(C)[P@]1CCO[C@H]1[C@]1(C23C=CC(C=C2)C3)OCC[P@@]1C(C)(C)C. The minimum absolute atomic E-state index is 0.0635. The Morgan fingerprint density at radius 1 is 0.920 bits per heavy atom. The summed E-state index contributed by atoms with van der Waals surface area (Å²) < 4.78 is 13.5. The molecule has 0 amide bonds. The molecule has 2 bridgehead atoms. The summed E-state index contributed by atoms with van der Waals surface area (Å²) in [5, 5.41) is 0.469. The Morgan fingerprint density at radius 2 is 1.60 bits per heavy atom. The Morgan fingerprint density at radius 3 is 2.12 bits per heavy atom. The molecule has 4 heteroatoms. The van der Waals surface area contributed by atoms with E-state index in [0.717, 1.165) is 13.2 Å². The van der Waals surface area contributed by atoms with Gasteiger partial charge in [0, 0.05) is 5.41 Å². The van der Waals surface area contributed by atoms with Gasteiger partial charge in [-0.15, -0.1) is 0 Å². The largest absolute Gasteiger partial charge is 0.370 e. The zero-order valence-electron chi connectivity index (χ0n) is 16.7. The summed E-state index contributed by atoms with van der Waals surface area (Å²) >= 11 is 0. The predicted molar refractivity (Wildman–Crippen MR) is 110 cm³/mol. The summed E-state index contributed by atoms with van der Waals surface area (Å²) in [6, 6.07) is 0. The lowest BCUT2D eigenvalue weighted by Crippen LogP contribution is -2.54. The minimum Gasteiger partial charge on any atom is -0.370 e. The number of hydrogen-bond donors (Lipinski definition) is 0. The van der Waals surface area contributed by atoms with Gasteiger partial charge in [0.2, 0.25) is 0 Å². The molecule has 0 aromatic heterocycles.